The van der Waals surface area contributed by atoms with Gasteiger partial charge in [0.15, 0.2) is 29.4 Å². The summed E-state index contributed by atoms with van der Waals surface area (Å²) in [7, 11) is -3.44. The molecular weight excluding hydrogens is 911 g/mol. The van der Waals surface area contributed by atoms with Crippen LogP contribution in [0, 0.1) is 20.2 Å². The molecule has 4 rings (SSSR count). The van der Waals surface area contributed by atoms with Gasteiger partial charge >= 0.3 is 12.3 Å². The average Bonchev–Trinajstić information content (AvgIpc) is 3.29. The molecule has 0 amide bonds. The minimum atomic E-state index is -4.82. The van der Waals surface area contributed by atoms with Crippen LogP contribution in [0.3, 0.4) is 0 Å². The molecule has 0 N–H and O–H groups in total. The van der Waals surface area contributed by atoms with Crippen molar-refractivity contribution < 1.29 is 75.8 Å². The van der Waals surface area contributed by atoms with E-state index >= 15 is 8.42 Å². The van der Waals surface area contributed by atoms with Crippen LogP contribution in [-0.4, -0.2) is 117 Å². The Balaban J connectivity index is 1.73. The molecule has 1 unspecified atom stereocenters. The first-order valence-corrected chi connectivity index (χ1v) is 22.0. The Morgan fingerprint density at radius 1 is 0.716 bits per heavy atom. The standard InChI is InChI=1S/C41H51N7O18S/c1-29(65-40(50)62-25-23-58-24-28-64-48(53)54)46(67(55,56)31-17-15-30(16-18-31)41(2,3)4)37-34(66-33-14-9-8-13-32(33)57-5)38(45-36(44-37)35-42-19-12-20-43-35)59-26-27-61-39(49)60-21-10-6-7-11-22-63-47(51)52/h8-9,12-20,29H,6-7,10-11,21-28H2,1-5H3. The Morgan fingerprint density at radius 3 is 1.97 bits per heavy atom. The number of carbonyl (C=O) groups excluding carboxylic acids is 2. The molecule has 0 saturated carbocycles. The minimum Gasteiger partial charge on any atom is -0.493 e. The van der Waals surface area contributed by atoms with E-state index in [4.69, 9.17) is 37.9 Å². The number of methoxy groups -OCH3 is 1. The van der Waals surface area contributed by atoms with Gasteiger partial charge < -0.3 is 47.6 Å². The molecule has 0 aliphatic rings. The molecule has 0 aliphatic carbocycles. The van der Waals surface area contributed by atoms with Gasteiger partial charge in [-0.1, -0.05) is 51.5 Å². The zero-order chi connectivity index (χ0) is 48.8. The van der Waals surface area contributed by atoms with Crippen molar-refractivity contribution in [2.24, 2.45) is 0 Å². The second-order valence-electron chi connectivity index (χ2n) is 14.7. The second kappa shape index (κ2) is 26.0. The summed E-state index contributed by atoms with van der Waals surface area (Å²) in [6, 6.07) is 13.9. The summed E-state index contributed by atoms with van der Waals surface area (Å²) in [6.45, 7) is 5.07. The van der Waals surface area contributed by atoms with E-state index in [2.05, 4.69) is 29.6 Å². The fourth-order valence-corrected chi connectivity index (χ4v) is 7.13. The zero-order valence-electron chi connectivity index (χ0n) is 37.3. The van der Waals surface area contributed by atoms with E-state index in [-0.39, 0.29) is 66.5 Å². The molecule has 1 atom stereocenters. The monoisotopic (exact) mass is 961 g/mol. The predicted octanol–water partition coefficient (Wildman–Crippen LogP) is 6.25. The molecule has 364 valence electrons. The first-order chi connectivity index (χ1) is 32.0. The van der Waals surface area contributed by atoms with Crippen LogP contribution >= 0.6 is 0 Å². The van der Waals surface area contributed by atoms with Crippen LogP contribution < -0.4 is 18.5 Å². The van der Waals surface area contributed by atoms with Gasteiger partial charge in [-0.2, -0.15) is 4.98 Å². The summed E-state index contributed by atoms with van der Waals surface area (Å²) in [5.74, 6) is -1.54. The first-order valence-electron chi connectivity index (χ1n) is 20.5. The van der Waals surface area contributed by atoms with Crippen LogP contribution in [0.2, 0.25) is 0 Å². The first kappa shape index (κ1) is 52.3. The molecule has 0 spiro atoms. The summed E-state index contributed by atoms with van der Waals surface area (Å²) in [5, 5.41) is 18.8. The molecule has 2 aromatic heterocycles. The Bertz CT molecular complexity index is 2340. The molecule has 26 heteroatoms. The van der Waals surface area contributed by atoms with E-state index in [0.717, 1.165) is 5.56 Å². The van der Waals surface area contributed by atoms with Crippen LogP contribution in [0.5, 0.6) is 23.1 Å². The van der Waals surface area contributed by atoms with E-state index in [0.29, 0.717) is 30.0 Å². The van der Waals surface area contributed by atoms with Crippen LogP contribution in [0.25, 0.3) is 11.6 Å². The topological polar surface area (TPSA) is 302 Å². The van der Waals surface area contributed by atoms with Gasteiger partial charge in [-0.25, -0.2) is 37.3 Å². The summed E-state index contributed by atoms with van der Waals surface area (Å²) in [6.07, 6.45) is 0.780. The lowest BCUT2D eigenvalue weighted by Crippen LogP contribution is -2.42. The third-order valence-electron chi connectivity index (χ3n) is 8.82. The maximum Gasteiger partial charge on any atom is 0.510 e. The highest BCUT2D eigenvalue weighted by Crippen LogP contribution is 2.44. The molecule has 67 heavy (non-hydrogen) atoms. The number of unbranched alkanes of at least 4 members (excludes halogenated alkanes) is 3. The van der Waals surface area contributed by atoms with E-state index in [1.807, 2.05) is 20.8 Å². The molecule has 2 heterocycles. The number of rotatable bonds is 28. The normalized spacial score (nSPS) is 11.7. The van der Waals surface area contributed by atoms with E-state index in [1.54, 1.807) is 30.3 Å². The van der Waals surface area contributed by atoms with Gasteiger partial charge in [-0.15, -0.1) is 20.2 Å². The number of benzene rings is 2. The number of sulfonamides is 1. The Morgan fingerprint density at radius 2 is 1.31 bits per heavy atom. The van der Waals surface area contributed by atoms with Gasteiger partial charge in [-0.3, -0.25) is 0 Å². The fourth-order valence-electron chi connectivity index (χ4n) is 5.64. The molecule has 0 aliphatic heterocycles. The molecule has 0 radical (unpaired) electrons. The smallest absolute Gasteiger partial charge is 0.493 e. The van der Waals surface area contributed by atoms with Crippen molar-refractivity contribution in [3.05, 3.63) is 92.8 Å². The molecule has 0 bridgehead atoms. The lowest BCUT2D eigenvalue weighted by Gasteiger charge is -2.30. The zero-order valence-corrected chi connectivity index (χ0v) is 38.1. The molecule has 2 aromatic carbocycles. The highest BCUT2D eigenvalue weighted by Gasteiger charge is 2.39. The molecule has 0 saturated heterocycles. The van der Waals surface area contributed by atoms with E-state index < -0.39 is 76.0 Å². The number of hydrogen-bond donors (Lipinski definition) is 0. The van der Waals surface area contributed by atoms with Crippen molar-refractivity contribution in [2.45, 2.75) is 69.9 Å². The van der Waals surface area contributed by atoms with Crippen molar-refractivity contribution in [1.29, 1.82) is 0 Å². The summed E-state index contributed by atoms with van der Waals surface area (Å²) in [4.78, 5) is 72.0. The Hall–Kier alpha value is -7.35. The van der Waals surface area contributed by atoms with Crippen LogP contribution in [-0.2, 0) is 48.8 Å². The SMILES string of the molecule is COc1ccccc1Oc1c(OCCOC(=O)OCCCCCCO[N+](=O)[O-])nc(-c2ncccn2)nc1N(C(C)OC(=O)OCCOCCO[N+](=O)[O-])S(=O)(=O)c1ccc(C(C)(C)C)cc1. The maximum atomic E-state index is 15.0. The Labute approximate surface area is 384 Å². The number of carbonyl (C=O) groups is 2. The lowest BCUT2D eigenvalue weighted by atomic mass is 9.87. The molecular formula is C41H51N7O18S. The quantitative estimate of drug-likeness (QED) is 0.0199. The van der Waals surface area contributed by atoms with Crippen LogP contribution in [0.4, 0.5) is 15.4 Å². The minimum absolute atomic E-state index is 0.00856. The number of para-hydroxylation sites is 2. The molecule has 0 fully saturated rings. The van der Waals surface area contributed by atoms with E-state index in [1.165, 1.54) is 50.7 Å². The molecule has 4 aromatic rings. The van der Waals surface area contributed by atoms with Crippen molar-refractivity contribution in [3.63, 3.8) is 0 Å². The average molecular weight is 962 g/mol. The van der Waals surface area contributed by atoms with Crippen LogP contribution in [0.1, 0.15) is 58.9 Å². The lowest BCUT2D eigenvalue weighted by molar-refractivity contribution is -0.758. The number of ether oxygens (including phenoxy) is 8. The van der Waals surface area contributed by atoms with Crippen LogP contribution in [0.15, 0.2) is 71.9 Å². The summed E-state index contributed by atoms with van der Waals surface area (Å²) in [5.41, 5.74) is 0.452. The third kappa shape index (κ3) is 16.9. The van der Waals surface area contributed by atoms with Crippen molar-refractivity contribution >= 4 is 28.2 Å². The second-order valence-corrected chi connectivity index (χ2v) is 16.5. The summed E-state index contributed by atoms with van der Waals surface area (Å²) < 4.78 is 74.8. The predicted molar refractivity (Wildman–Crippen MR) is 231 cm³/mol. The fraction of sp³-hybridized carbons (Fsp3) is 0.463. The summed E-state index contributed by atoms with van der Waals surface area (Å²) >= 11 is 0. The van der Waals surface area contributed by atoms with E-state index in [9.17, 15) is 29.8 Å². The van der Waals surface area contributed by atoms with Gasteiger partial charge in [0, 0.05) is 12.4 Å². The third-order valence-corrected chi connectivity index (χ3v) is 10.7. The number of aromatic nitrogens is 4. The van der Waals surface area contributed by atoms with Crippen molar-refractivity contribution in [3.8, 4) is 34.8 Å². The highest BCUT2D eigenvalue weighted by atomic mass is 32.2. The van der Waals surface area contributed by atoms with Crippen molar-refractivity contribution in [1.82, 2.24) is 19.9 Å². The van der Waals surface area contributed by atoms with Gasteiger partial charge in [0.2, 0.25) is 11.6 Å². The highest BCUT2D eigenvalue weighted by molar-refractivity contribution is 7.92. The van der Waals surface area contributed by atoms with Gasteiger partial charge in [0.1, 0.15) is 26.4 Å². The van der Waals surface area contributed by atoms with Gasteiger partial charge in [-0.05, 0) is 67.5 Å². The molecule has 25 nitrogen and oxygen atoms in total. The van der Waals surface area contributed by atoms with Gasteiger partial charge in [0.05, 0.1) is 38.4 Å². The Kier molecular flexibility index (Phi) is 20.3. The number of anilines is 1. The largest absolute Gasteiger partial charge is 0.510 e. The number of hydrogen-bond acceptors (Lipinski definition) is 22. The van der Waals surface area contributed by atoms with Crippen molar-refractivity contribution in [2.75, 3.05) is 64.3 Å². The van der Waals surface area contributed by atoms with Gasteiger partial charge in [0.25, 0.3) is 26.1 Å². The maximum absolute atomic E-state index is 15.0. The number of nitrogens with zero attached hydrogens (tertiary/aromatic N) is 7.